The van der Waals surface area contributed by atoms with Crippen molar-refractivity contribution in [2.75, 3.05) is 25.1 Å². The smallest absolute Gasteiger partial charge is 0.254 e. The zero-order valence-corrected chi connectivity index (χ0v) is 12.5. The molecule has 0 radical (unpaired) electrons. The van der Waals surface area contributed by atoms with Crippen LogP contribution in [0.2, 0.25) is 0 Å². The van der Waals surface area contributed by atoms with Gasteiger partial charge in [0.25, 0.3) is 5.78 Å². The normalized spacial score (nSPS) is 14.9. The lowest BCUT2D eigenvalue weighted by atomic mass is 10.1. The Bertz CT molecular complexity index is 886. The molecule has 0 aromatic carbocycles. The Balaban J connectivity index is 1.58. The van der Waals surface area contributed by atoms with Gasteiger partial charge in [-0.2, -0.15) is 25.0 Å². The molecule has 4 rings (SSSR count). The molecule has 0 aliphatic carbocycles. The second-order valence-corrected chi connectivity index (χ2v) is 5.39. The summed E-state index contributed by atoms with van der Waals surface area (Å²) in [5.74, 6) is 1.49. The third kappa shape index (κ3) is 2.29. The average Bonchev–Trinajstić information content (AvgIpc) is 3.14. The van der Waals surface area contributed by atoms with Crippen molar-refractivity contribution in [3.8, 4) is 6.07 Å². The highest BCUT2D eigenvalue weighted by Crippen LogP contribution is 2.28. The Morgan fingerprint density at radius 2 is 2.26 bits per heavy atom. The Morgan fingerprint density at radius 1 is 1.39 bits per heavy atom. The summed E-state index contributed by atoms with van der Waals surface area (Å²) in [4.78, 5) is 10.7. The molecule has 0 unspecified atom stereocenters. The molecule has 0 bridgehead atoms. The highest BCUT2D eigenvalue weighted by Gasteiger charge is 2.31. The van der Waals surface area contributed by atoms with Gasteiger partial charge in [-0.3, -0.25) is 4.68 Å². The van der Waals surface area contributed by atoms with Crippen LogP contribution in [0.1, 0.15) is 17.3 Å². The predicted molar refractivity (Wildman–Crippen MR) is 79.7 cm³/mol. The van der Waals surface area contributed by atoms with Crippen LogP contribution in [0.5, 0.6) is 0 Å². The molecule has 0 spiro atoms. The van der Waals surface area contributed by atoms with E-state index in [2.05, 4.69) is 31.1 Å². The lowest BCUT2D eigenvalue weighted by Gasteiger charge is -2.40. The van der Waals surface area contributed by atoms with E-state index in [4.69, 9.17) is 10.00 Å². The van der Waals surface area contributed by atoms with E-state index in [1.165, 1.54) is 6.33 Å². The fraction of sp³-hybridized carbons (Fsp3) is 0.357. The van der Waals surface area contributed by atoms with Gasteiger partial charge in [-0.15, -0.1) is 0 Å². The molecular weight excluding hydrogens is 296 g/mol. The third-order valence-electron chi connectivity index (χ3n) is 3.87. The van der Waals surface area contributed by atoms with Crippen LogP contribution in [0.4, 0.5) is 5.82 Å². The van der Waals surface area contributed by atoms with Gasteiger partial charge < -0.3 is 9.64 Å². The first-order chi connectivity index (χ1) is 11.3. The number of methoxy groups -OCH3 is 1. The number of nitrogens with zero attached hydrogens (tertiary/aromatic N) is 8. The summed E-state index contributed by atoms with van der Waals surface area (Å²) in [6, 6.07) is 4.30. The van der Waals surface area contributed by atoms with E-state index in [0.717, 1.165) is 24.6 Å². The van der Waals surface area contributed by atoms with Crippen LogP contribution in [-0.4, -0.2) is 49.6 Å². The molecule has 0 amide bonds. The fourth-order valence-electron chi connectivity index (χ4n) is 2.70. The number of ether oxygens (including phenoxy) is 1. The largest absolute Gasteiger partial charge is 0.378 e. The summed E-state index contributed by atoms with van der Waals surface area (Å²) >= 11 is 0. The Hall–Kier alpha value is -2.99. The topological polar surface area (TPSA) is 97.2 Å². The molecule has 23 heavy (non-hydrogen) atoms. The Kier molecular flexibility index (Phi) is 3.17. The van der Waals surface area contributed by atoms with E-state index in [1.807, 2.05) is 10.7 Å². The van der Waals surface area contributed by atoms with Crippen molar-refractivity contribution in [3.63, 3.8) is 0 Å². The summed E-state index contributed by atoms with van der Waals surface area (Å²) in [6.45, 7) is 2.01. The molecule has 1 aliphatic heterocycles. The highest BCUT2D eigenvalue weighted by atomic mass is 16.5. The third-order valence-corrected chi connectivity index (χ3v) is 3.87. The first-order valence-electron chi connectivity index (χ1n) is 7.16. The van der Waals surface area contributed by atoms with E-state index < -0.39 is 0 Å². The fourth-order valence-corrected chi connectivity index (χ4v) is 2.70. The first-order valence-corrected chi connectivity index (χ1v) is 7.16. The van der Waals surface area contributed by atoms with E-state index in [0.29, 0.717) is 17.9 Å². The summed E-state index contributed by atoms with van der Waals surface area (Å²) in [7, 11) is 1.64. The number of fused-ring (bicyclic) bond motifs is 1. The van der Waals surface area contributed by atoms with Gasteiger partial charge in [0.15, 0.2) is 0 Å². The molecule has 116 valence electrons. The van der Waals surface area contributed by atoms with Crippen LogP contribution in [0, 0.1) is 11.3 Å². The molecule has 3 aromatic rings. The lowest BCUT2D eigenvalue weighted by molar-refractivity contribution is 0.181. The number of hydrogen-bond donors (Lipinski definition) is 0. The van der Waals surface area contributed by atoms with Crippen molar-refractivity contribution >= 4 is 11.6 Å². The van der Waals surface area contributed by atoms with Crippen LogP contribution in [0.3, 0.4) is 0 Å². The summed E-state index contributed by atoms with van der Waals surface area (Å²) in [5, 5.41) is 17.3. The molecule has 0 atom stereocenters. The Labute approximate surface area is 131 Å². The first kappa shape index (κ1) is 13.7. The molecule has 1 aliphatic rings. The lowest BCUT2D eigenvalue weighted by Crippen LogP contribution is -2.48. The standard InChI is InChI=1S/C14H14N8O/c1-23-8-11-2-13(22-14(19-11)16-9-18-22)20-6-12(7-20)21-5-10(3-15)4-17-21/h2,4-5,9,12H,6-8H2,1H3. The summed E-state index contributed by atoms with van der Waals surface area (Å²) in [6.07, 6.45) is 4.85. The van der Waals surface area contributed by atoms with Gasteiger partial charge in [0.1, 0.15) is 18.2 Å². The van der Waals surface area contributed by atoms with Gasteiger partial charge in [-0.05, 0) is 0 Å². The zero-order chi connectivity index (χ0) is 15.8. The SMILES string of the molecule is COCc1cc(N2CC(n3cc(C#N)cn3)C2)n2ncnc2n1. The molecular formula is C14H14N8O. The van der Waals surface area contributed by atoms with Crippen LogP contribution in [-0.2, 0) is 11.3 Å². The van der Waals surface area contributed by atoms with E-state index >= 15 is 0 Å². The minimum absolute atomic E-state index is 0.245. The highest BCUT2D eigenvalue weighted by molar-refractivity contribution is 5.49. The molecule has 4 heterocycles. The molecule has 0 saturated carbocycles. The van der Waals surface area contributed by atoms with Crippen molar-refractivity contribution in [1.29, 1.82) is 5.26 Å². The van der Waals surface area contributed by atoms with Gasteiger partial charge in [0.2, 0.25) is 0 Å². The minimum atomic E-state index is 0.245. The van der Waals surface area contributed by atoms with E-state index in [-0.39, 0.29) is 6.04 Å². The minimum Gasteiger partial charge on any atom is -0.378 e. The van der Waals surface area contributed by atoms with Gasteiger partial charge in [0.05, 0.1) is 30.1 Å². The second kappa shape index (κ2) is 5.33. The maximum atomic E-state index is 8.88. The molecule has 3 aromatic heterocycles. The summed E-state index contributed by atoms with van der Waals surface area (Å²) in [5.41, 5.74) is 1.39. The van der Waals surface area contributed by atoms with E-state index in [9.17, 15) is 0 Å². The average molecular weight is 310 g/mol. The van der Waals surface area contributed by atoms with E-state index in [1.54, 1.807) is 24.0 Å². The zero-order valence-electron chi connectivity index (χ0n) is 12.5. The molecule has 9 heteroatoms. The van der Waals surface area contributed by atoms with Crippen molar-refractivity contribution in [1.82, 2.24) is 29.4 Å². The van der Waals surface area contributed by atoms with Crippen molar-refractivity contribution in [2.24, 2.45) is 0 Å². The molecule has 9 nitrogen and oxygen atoms in total. The predicted octanol–water partition coefficient (Wildman–Crippen LogP) is 0.400. The monoisotopic (exact) mass is 310 g/mol. The summed E-state index contributed by atoms with van der Waals surface area (Å²) < 4.78 is 8.72. The quantitative estimate of drug-likeness (QED) is 0.688. The number of rotatable bonds is 4. The second-order valence-electron chi connectivity index (χ2n) is 5.39. The van der Waals surface area contributed by atoms with Crippen molar-refractivity contribution in [2.45, 2.75) is 12.6 Å². The van der Waals surface area contributed by atoms with Crippen LogP contribution in [0.15, 0.2) is 24.8 Å². The van der Waals surface area contributed by atoms with Gasteiger partial charge in [-0.25, -0.2) is 4.98 Å². The van der Waals surface area contributed by atoms with Gasteiger partial charge >= 0.3 is 0 Å². The van der Waals surface area contributed by atoms with Gasteiger partial charge in [-0.1, -0.05) is 0 Å². The van der Waals surface area contributed by atoms with Crippen molar-refractivity contribution < 1.29 is 4.74 Å². The molecule has 1 fully saturated rings. The Morgan fingerprint density at radius 3 is 3.00 bits per heavy atom. The molecule has 1 saturated heterocycles. The number of aromatic nitrogens is 6. The number of anilines is 1. The van der Waals surface area contributed by atoms with Crippen LogP contribution >= 0.6 is 0 Å². The number of nitriles is 1. The molecule has 0 N–H and O–H groups in total. The van der Waals surface area contributed by atoms with Crippen molar-refractivity contribution in [3.05, 3.63) is 36.0 Å². The van der Waals surface area contributed by atoms with Gasteiger partial charge in [0, 0.05) is 32.5 Å². The van der Waals surface area contributed by atoms with Crippen LogP contribution < -0.4 is 4.90 Å². The maximum Gasteiger partial charge on any atom is 0.254 e. The van der Waals surface area contributed by atoms with Crippen LogP contribution in [0.25, 0.3) is 5.78 Å². The number of hydrogen-bond acceptors (Lipinski definition) is 7. The maximum absolute atomic E-state index is 8.88.